The monoisotopic (exact) mass is 327 g/mol. The van der Waals surface area contributed by atoms with E-state index in [1.54, 1.807) is 6.33 Å². The summed E-state index contributed by atoms with van der Waals surface area (Å²) >= 11 is 6.15. The fraction of sp³-hybridized carbons (Fsp3) is 0.353. The average molecular weight is 328 g/mol. The SMILES string of the molecule is Clc1cccc(CN(c2ncnc3[nH]ncc23)C2CCCC2)c1. The first-order valence-electron chi connectivity index (χ1n) is 7.96. The first-order chi connectivity index (χ1) is 11.3. The minimum Gasteiger partial charge on any atom is -0.349 e. The number of aromatic nitrogens is 4. The van der Waals surface area contributed by atoms with Crippen molar-refractivity contribution in [3.05, 3.63) is 47.4 Å². The van der Waals surface area contributed by atoms with E-state index in [-0.39, 0.29) is 0 Å². The molecule has 23 heavy (non-hydrogen) atoms. The van der Waals surface area contributed by atoms with E-state index in [9.17, 15) is 0 Å². The summed E-state index contributed by atoms with van der Waals surface area (Å²) in [6.45, 7) is 0.794. The fourth-order valence-electron chi connectivity index (χ4n) is 3.41. The van der Waals surface area contributed by atoms with Crippen molar-refractivity contribution >= 4 is 28.5 Å². The van der Waals surface area contributed by atoms with Crippen LogP contribution in [0.1, 0.15) is 31.2 Å². The standard InChI is InChI=1S/C17H18ClN5/c18-13-5-3-4-12(8-13)10-23(14-6-1-2-7-14)17-15-9-21-22-16(15)19-11-20-17/h3-5,8-9,11,14H,1-2,6-7,10H2,(H,19,20,21,22). The smallest absolute Gasteiger partial charge is 0.160 e. The second kappa shape index (κ2) is 6.16. The lowest BCUT2D eigenvalue weighted by atomic mass is 10.1. The van der Waals surface area contributed by atoms with E-state index in [0.29, 0.717) is 6.04 Å². The van der Waals surface area contributed by atoms with Crippen molar-refractivity contribution in [1.82, 2.24) is 20.2 Å². The maximum atomic E-state index is 6.15. The number of hydrogen-bond donors (Lipinski definition) is 1. The molecular weight excluding hydrogens is 310 g/mol. The first kappa shape index (κ1) is 14.5. The molecule has 6 heteroatoms. The topological polar surface area (TPSA) is 57.7 Å². The van der Waals surface area contributed by atoms with Crippen molar-refractivity contribution in [2.24, 2.45) is 0 Å². The Morgan fingerprint density at radius 2 is 2.09 bits per heavy atom. The van der Waals surface area contributed by atoms with Crippen molar-refractivity contribution in [3.63, 3.8) is 0 Å². The number of fused-ring (bicyclic) bond motifs is 1. The fourth-order valence-corrected chi connectivity index (χ4v) is 3.62. The Morgan fingerprint density at radius 1 is 1.22 bits per heavy atom. The van der Waals surface area contributed by atoms with Crippen molar-refractivity contribution in [1.29, 1.82) is 0 Å². The molecule has 2 heterocycles. The second-order valence-corrected chi connectivity index (χ2v) is 6.46. The van der Waals surface area contributed by atoms with Gasteiger partial charge in [-0.1, -0.05) is 36.6 Å². The average Bonchev–Trinajstić information content (AvgIpc) is 3.23. The van der Waals surface area contributed by atoms with Gasteiger partial charge in [-0.15, -0.1) is 0 Å². The van der Waals surface area contributed by atoms with Gasteiger partial charge in [0.05, 0.1) is 11.6 Å². The minimum absolute atomic E-state index is 0.502. The predicted octanol–water partition coefficient (Wildman–Crippen LogP) is 3.96. The highest BCUT2D eigenvalue weighted by Crippen LogP contribution is 2.32. The molecule has 1 aliphatic carbocycles. The summed E-state index contributed by atoms with van der Waals surface area (Å²) in [5.41, 5.74) is 1.98. The molecule has 3 aromatic rings. The first-order valence-corrected chi connectivity index (χ1v) is 8.34. The molecule has 4 rings (SSSR count). The Morgan fingerprint density at radius 3 is 2.91 bits per heavy atom. The zero-order valence-electron chi connectivity index (χ0n) is 12.7. The van der Waals surface area contributed by atoms with E-state index in [0.717, 1.165) is 28.4 Å². The quantitative estimate of drug-likeness (QED) is 0.788. The lowest BCUT2D eigenvalue weighted by Gasteiger charge is -2.30. The van der Waals surface area contributed by atoms with Gasteiger partial charge in [-0.25, -0.2) is 9.97 Å². The van der Waals surface area contributed by atoms with Crippen molar-refractivity contribution < 1.29 is 0 Å². The molecule has 2 aromatic heterocycles. The van der Waals surface area contributed by atoms with E-state index in [1.165, 1.54) is 31.2 Å². The lowest BCUT2D eigenvalue weighted by Crippen LogP contribution is -2.33. The van der Waals surface area contributed by atoms with Crippen molar-refractivity contribution in [3.8, 4) is 0 Å². The minimum atomic E-state index is 0.502. The summed E-state index contributed by atoms with van der Waals surface area (Å²) in [5, 5.41) is 8.79. The maximum absolute atomic E-state index is 6.15. The van der Waals surface area contributed by atoms with E-state index < -0.39 is 0 Å². The Bertz CT molecular complexity index is 809. The number of benzene rings is 1. The molecular formula is C17H18ClN5. The summed E-state index contributed by atoms with van der Waals surface area (Å²) in [6.07, 6.45) is 8.36. The number of nitrogens with zero attached hydrogens (tertiary/aromatic N) is 4. The predicted molar refractivity (Wildman–Crippen MR) is 91.6 cm³/mol. The van der Waals surface area contributed by atoms with Gasteiger partial charge >= 0.3 is 0 Å². The Kier molecular flexibility index (Phi) is 3.87. The number of halogens is 1. The van der Waals surface area contributed by atoms with Crippen LogP contribution in [0, 0.1) is 0 Å². The van der Waals surface area contributed by atoms with Crippen LogP contribution in [0.2, 0.25) is 5.02 Å². The highest BCUT2D eigenvalue weighted by molar-refractivity contribution is 6.30. The molecule has 0 aliphatic heterocycles. The number of anilines is 1. The van der Waals surface area contributed by atoms with E-state index in [1.807, 2.05) is 24.4 Å². The third-order valence-corrected chi connectivity index (χ3v) is 4.74. The lowest BCUT2D eigenvalue weighted by molar-refractivity contribution is 0.599. The van der Waals surface area contributed by atoms with E-state index >= 15 is 0 Å². The van der Waals surface area contributed by atoms with Crippen LogP contribution in [0.25, 0.3) is 11.0 Å². The van der Waals surface area contributed by atoms with Crippen molar-refractivity contribution in [2.45, 2.75) is 38.3 Å². The number of hydrogen-bond acceptors (Lipinski definition) is 4. The second-order valence-electron chi connectivity index (χ2n) is 6.03. The van der Waals surface area contributed by atoms with Gasteiger partial charge in [0.15, 0.2) is 5.65 Å². The summed E-state index contributed by atoms with van der Waals surface area (Å²) in [7, 11) is 0. The van der Waals surface area contributed by atoms with Crippen LogP contribution >= 0.6 is 11.6 Å². The van der Waals surface area contributed by atoms with Gasteiger partial charge < -0.3 is 4.90 Å². The van der Waals surface area contributed by atoms with Crippen LogP contribution in [-0.2, 0) is 6.54 Å². The Labute approximate surface area is 139 Å². The van der Waals surface area contributed by atoms with Gasteiger partial charge in [-0.05, 0) is 30.5 Å². The molecule has 1 N–H and O–H groups in total. The van der Waals surface area contributed by atoms with Gasteiger partial charge in [0.25, 0.3) is 0 Å². The summed E-state index contributed by atoms with van der Waals surface area (Å²) in [4.78, 5) is 11.2. The van der Waals surface area contributed by atoms with Gasteiger partial charge in [0.1, 0.15) is 12.1 Å². The molecule has 0 amide bonds. The summed E-state index contributed by atoms with van der Waals surface area (Å²) < 4.78 is 0. The largest absolute Gasteiger partial charge is 0.349 e. The molecule has 5 nitrogen and oxygen atoms in total. The van der Waals surface area contributed by atoms with Crippen LogP contribution in [0.15, 0.2) is 36.8 Å². The zero-order valence-corrected chi connectivity index (χ0v) is 13.5. The van der Waals surface area contributed by atoms with Crippen LogP contribution in [-0.4, -0.2) is 26.2 Å². The molecule has 1 aliphatic rings. The molecule has 1 saturated carbocycles. The molecule has 1 aromatic carbocycles. The number of rotatable bonds is 4. The highest BCUT2D eigenvalue weighted by atomic mass is 35.5. The molecule has 0 bridgehead atoms. The Balaban J connectivity index is 1.74. The zero-order chi connectivity index (χ0) is 15.6. The molecule has 0 saturated heterocycles. The molecule has 0 spiro atoms. The van der Waals surface area contributed by atoms with Crippen LogP contribution < -0.4 is 4.90 Å². The highest BCUT2D eigenvalue weighted by Gasteiger charge is 2.25. The summed E-state index contributed by atoms with van der Waals surface area (Å²) in [6, 6.07) is 8.54. The van der Waals surface area contributed by atoms with Crippen LogP contribution in [0.4, 0.5) is 5.82 Å². The van der Waals surface area contributed by atoms with Crippen LogP contribution in [0.3, 0.4) is 0 Å². The molecule has 118 valence electrons. The molecule has 1 fully saturated rings. The Hall–Kier alpha value is -2.14. The van der Waals surface area contributed by atoms with E-state index in [4.69, 9.17) is 11.6 Å². The number of aromatic amines is 1. The molecule has 0 unspecified atom stereocenters. The van der Waals surface area contributed by atoms with Gasteiger partial charge in [0.2, 0.25) is 0 Å². The molecule has 0 radical (unpaired) electrons. The number of nitrogens with one attached hydrogen (secondary N) is 1. The number of H-pyrrole nitrogens is 1. The van der Waals surface area contributed by atoms with Crippen molar-refractivity contribution in [2.75, 3.05) is 4.90 Å². The van der Waals surface area contributed by atoms with Gasteiger partial charge in [-0.3, -0.25) is 5.10 Å². The maximum Gasteiger partial charge on any atom is 0.160 e. The van der Waals surface area contributed by atoms with E-state index in [2.05, 4.69) is 31.1 Å². The third-order valence-electron chi connectivity index (χ3n) is 4.51. The van der Waals surface area contributed by atoms with Gasteiger partial charge in [-0.2, -0.15) is 5.10 Å². The normalized spacial score (nSPS) is 15.3. The van der Waals surface area contributed by atoms with Crippen LogP contribution in [0.5, 0.6) is 0 Å². The summed E-state index contributed by atoms with van der Waals surface area (Å²) in [5.74, 6) is 0.954. The molecule has 0 atom stereocenters. The van der Waals surface area contributed by atoms with Gasteiger partial charge in [0, 0.05) is 17.6 Å². The third kappa shape index (κ3) is 2.88.